The molecule has 1 heterocycles. The lowest BCUT2D eigenvalue weighted by Gasteiger charge is -2.04. The van der Waals surface area contributed by atoms with Gasteiger partial charge < -0.3 is 10.3 Å². The van der Waals surface area contributed by atoms with Gasteiger partial charge in [-0.15, -0.1) is 10.2 Å². The minimum atomic E-state index is 0.416. The number of nitrogens with two attached hydrogens (primary N) is 1. The average molecular weight is 225 g/mol. The van der Waals surface area contributed by atoms with Gasteiger partial charge in [0.25, 0.3) is 0 Å². The third kappa shape index (κ3) is 3.22. The molecule has 0 aliphatic carbocycles. The Hall–Kier alpha value is -1.06. The highest BCUT2D eigenvalue weighted by Gasteiger charge is 2.08. The van der Waals surface area contributed by atoms with Crippen molar-refractivity contribution >= 4 is 11.8 Å². The lowest BCUT2D eigenvalue weighted by Crippen LogP contribution is -2.08. The van der Waals surface area contributed by atoms with Crippen molar-refractivity contribution in [3.8, 4) is 6.07 Å². The first-order valence-electron chi connectivity index (χ1n) is 4.95. The molecule has 82 valence electrons. The largest absolute Gasteiger partial charge is 0.324 e. The molecule has 0 atom stereocenters. The van der Waals surface area contributed by atoms with E-state index < -0.39 is 0 Å². The second-order valence-corrected chi connectivity index (χ2v) is 4.02. The molecular weight excluding hydrogens is 210 g/mol. The van der Waals surface area contributed by atoms with Crippen LogP contribution in [-0.4, -0.2) is 20.5 Å². The van der Waals surface area contributed by atoms with E-state index in [1.807, 2.05) is 11.5 Å². The number of unbranched alkanes of at least 4 members (excludes halogenated alkanes) is 1. The van der Waals surface area contributed by atoms with E-state index in [1.54, 1.807) is 11.8 Å². The van der Waals surface area contributed by atoms with Gasteiger partial charge in [-0.2, -0.15) is 5.26 Å². The number of nitrogens with zero attached hydrogens (tertiary/aromatic N) is 4. The summed E-state index contributed by atoms with van der Waals surface area (Å²) in [5, 5.41) is 17.4. The summed E-state index contributed by atoms with van der Waals surface area (Å²) in [6, 6.07) is 2.12. The molecule has 0 aromatic carbocycles. The highest BCUT2D eigenvalue weighted by molar-refractivity contribution is 7.99. The SMILES string of the molecule is CCn1c(CN)nnc1SCCCC#N. The van der Waals surface area contributed by atoms with Crippen molar-refractivity contribution < 1.29 is 0 Å². The first kappa shape index (κ1) is 12.0. The summed E-state index contributed by atoms with van der Waals surface area (Å²) >= 11 is 1.63. The molecule has 2 N–H and O–H groups in total. The zero-order chi connectivity index (χ0) is 11.1. The fourth-order valence-corrected chi connectivity index (χ4v) is 2.17. The maximum atomic E-state index is 8.40. The average Bonchev–Trinajstić information content (AvgIpc) is 2.66. The van der Waals surface area contributed by atoms with E-state index in [-0.39, 0.29) is 0 Å². The third-order valence-corrected chi connectivity index (χ3v) is 3.01. The standard InChI is InChI=1S/C9H15N5S/c1-2-14-8(7-11)12-13-9(14)15-6-4-3-5-10/h2-4,6-7,11H2,1H3. The summed E-state index contributed by atoms with van der Waals surface area (Å²) in [7, 11) is 0. The summed E-state index contributed by atoms with van der Waals surface area (Å²) in [5.74, 6) is 1.72. The fourth-order valence-electron chi connectivity index (χ4n) is 1.21. The molecule has 0 aliphatic rings. The van der Waals surface area contributed by atoms with Gasteiger partial charge in [-0.3, -0.25) is 0 Å². The minimum absolute atomic E-state index is 0.416. The number of rotatable bonds is 6. The number of hydrogen-bond acceptors (Lipinski definition) is 5. The predicted octanol–water partition coefficient (Wildman–Crippen LogP) is 1.15. The van der Waals surface area contributed by atoms with Gasteiger partial charge in [-0.25, -0.2) is 0 Å². The first-order chi connectivity index (χ1) is 7.33. The van der Waals surface area contributed by atoms with Crippen molar-refractivity contribution in [1.29, 1.82) is 5.26 Å². The van der Waals surface area contributed by atoms with Crippen LogP contribution in [0.25, 0.3) is 0 Å². The predicted molar refractivity (Wildman–Crippen MR) is 59.2 cm³/mol. The van der Waals surface area contributed by atoms with Crippen molar-refractivity contribution in [3.05, 3.63) is 5.82 Å². The molecule has 1 aromatic heterocycles. The van der Waals surface area contributed by atoms with Crippen molar-refractivity contribution in [2.75, 3.05) is 5.75 Å². The normalized spacial score (nSPS) is 10.2. The Labute approximate surface area is 93.7 Å². The molecule has 5 nitrogen and oxygen atoms in total. The quantitative estimate of drug-likeness (QED) is 0.580. The van der Waals surface area contributed by atoms with Crippen LogP contribution >= 0.6 is 11.8 Å². The van der Waals surface area contributed by atoms with Crippen LogP contribution in [0.15, 0.2) is 5.16 Å². The van der Waals surface area contributed by atoms with E-state index in [2.05, 4.69) is 16.3 Å². The summed E-state index contributed by atoms with van der Waals surface area (Å²) in [4.78, 5) is 0. The van der Waals surface area contributed by atoms with Gasteiger partial charge in [0.1, 0.15) is 5.82 Å². The summed E-state index contributed by atoms with van der Waals surface area (Å²) in [6.07, 6.45) is 1.48. The molecule has 0 bridgehead atoms. The van der Waals surface area contributed by atoms with Gasteiger partial charge in [-0.05, 0) is 13.3 Å². The van der Waals surface area contributed by atoms with E-state index in [9.17, 15) is 0 Å². The molecule has 0 saturated heterocycles. The molecule has 0 spiro atoms. The molecule has 15 heavy (non-hydrogen) atoms. The molecule has 0 unspecified atom stereocenters. The maximum absolute atomic E-state index is 8.40. The van der Waals surface area contributed by atoms with Crippen LogP contribution in [0.4, 0.5) is 0 Å². The Morgan fingerprint density at radius 1 is 1.53 bits per heavy atom. The van der Waals surface area contributed by atoms with Crippen LogP contribution < -0.4 is 5.73 Å². The van der Waals surface area contributed by atoms with Gasteiger partial charge >= 0.3 is 0 Å². The molecule has 1 rings (SSSR count). The van der Waals surface area contributed by atoms with Crippen LogP contribution in [0, 0.1) is 11.3 Å². The fraction of sp³-hybridized carbons (Fsp3) is 0.667. The molecule has 0 aliphatic heterocycles. The van der Waals surface area contributed by atoms with E-state index >= 15 is 0 Å². The van der Waals surface area contributed by atoms with E-state index in [0.29, 0.717) is 13.0 Å². The molecule has 0 radical (unpaired) electrons. The van der Waals surface area contributed by atoms with E-state index in [1.165, 1.54) is 0 Å². The van der Waals surface area contributed by atoms with E-state index in [4.69, 9.17) is 11.0 Å². The van der Waals surface area contributed by atoms with Crippen LogP contribution in [0.5, 0.6) is 0 Å². The Bertz CT molecular complexity index is 341. The molecule has 0 saturated carbocycles. The summed E-state index contributed by atoms with van der Waals surface area (Å²) < 4.78 is 2.01. The number of aromatic nitrogens is 3. The second-order valence-electron chi connectivity index (χ2n) is 2.96. The molecule has 1 aromatic rings. The summed E-state index contributed by atoms with van der Waals surface area (Å²) in [5.41, 5.74) is 5.54. The monoisotopic (exact) mass is 225 g/mol. The molecule has 0 amide bonds. The number of thioether (sulfide) groups is 1. The lowest BCUT2D eigenvalue weighted by molar-refractivity contribution is 0.642. The van der Waals surface area contributed by atoms with Crippen LogP contribution in [0.2, 0.25) is 0 Å². The lowest BCUT2D eigenvalue weighted by atomic mass is 10.4. The minimum Gasteiger partial charge on any atom is -0.324 e. The highest BCUT2D eigenvalue weighted by Crippen LogP contribution is 2.18. The molecular formula is C9H15N5S. The highest BCUT2D eigenvalue weighted by atomic mass is 32.2. The van der Waals surface area contributed by atoms with Crippen molar-refractivity contribution in [2.45, 2.75) is 38.0 Å². The van der Waals surface area contributed by atoms with Crippen molar-refractivity contribution in [2.24, 2.45) is 5.73 Å². The van der Waals surface area contributed by atoms with Gasteiger partial charge in [0.15, 0.2) is 5.16 Å². The van der Waals surface area contributed by atoms with Crippen LogP contribution in [-0.2, 0) is 13.1 Å². The molecule has 6 heteroatoms. The Morgan fingerprint density at radius 2 is 2.33 bits per heavy atom. The Balaban J connectivity index is 2.53. The van der Waals surface area contributed by atoms with E-state index in [0.717, 1.165) is 29.7 Å². The smallest absolute Gasteiger partial charge is 0.191 e. The van der Waals surface area contributed by atoms with Gasteiger partial charge in [0.05, 0.1) is 12.6 Å². The van der Waals surface area contributed by atoms with Gasteiger partial charge in [0, 0.05) is 18.7 Å². The zero-order valence-electron chi connectivity index (χ0n) is 8.81. The second kappa shape index (κ2) is 6.43. The number of nitriles is 1. The number of hydrogen-bond donors (Lipinski definition) is 1. The van der Waals surface area contributed by atoms with Gasteiger partial charge in [-0.1, -0.05) is 11.8 Å². The van der Waals surface area contributed by atoms with Crippen molar-refractivity contribution in [3.63, 3.8) is 0 Å². The Kier molecular flexibility index (Phi) is 5.15. The Morgan fingerprint density at radius 3 is 2.93 bits per heavy atom. The molecule has 0 fully saturated rings. The van der Waals surface area contributed by atoms with Crippen LogP contribution in [0.3, 0.4) is 0 Å². The van der Waals surface area contributed by atoms with Gasteiger partial charge in [0.2, 0.25) is 0 Å². The maximum Gasteiger partial charge on any atom is 0.191 e. The summed E-state index contributed by atoms with van der Waals surface area (Å²) in [6.45, 7) is 3.29. The zero-order valence-corrected chi connectivity index (χ0v) is 9.63. The topological polar surface area (TPSA) is 80.5 Å². The van der Waals surface area contributed by atoms with Crippen molar-refractivity contribution in [1.82, 2.24) is 14.8 Å². The first-order valence-corrected chi connectivity index (χ1v) is 5.94. The van der Waals surface area contributed by atoms with Crippen LogP contribution in [0.1, 0.15) is 25.6 Å². The third-order valence-electron chi connectivity index (χ3n) is 1.96.